The smallest absolute Gasteiger partial charge is 0.260 e. The highest BCUT2D eigenvalue weighted by Crippen LogP contribution is 2.30. The highest BCUT2D eigenvalue weighted by molar-refractivity contribution is 7.22. The number of fused-ring (bicyclic) bond motifs is 1. The third-order valence-corrected chi connectivity index (χ3v) is 4.73. The number of hydrogen-bond acceptors (Lipinski definition) is 4. The van der Waals surface area contributed by atoms with Gasteiger partial charge >= 0.3 is 0 Å². The first-order valence-electron chi connectivity index (χ1n) is 7.56. The van der Waals surface area contributed by atoms with Crippen LogP contribution in [-0.2, 0) is 6.54 Å². The van der Waals surface area contributed by atoms with Crippen LogP contribution in [0.4, 0.5) is 5.13 Å². The predicted molar refractivity (Wildman–Crippen MR) is 95.3 cm³/mol. The zero-order valence-electron chi connectivity index (χ0n) is 12.8. The van der Waals surface area contributed by atoms with Crippen LogP contribution in [0.1, 0.15) is 16.1 Å². The fraction of sp³-hybridized carbons (Fsp3) is 0.0526. The van der Waals surface area contributed by atoms with Crippen molar-refractivity contribution >= 4 is 32.6 Å². The molecule has 0 N–H and O–H groups in total. The summed E-state index contributed by atoms with van der Waals surface area (Å²) in [6.45, 7) is 0.348. The molecule has 4 aromatic rings. The molecule has 0 spiro atoms. The van der Waals surface area contributed by atoms with E-state index in [0.717, 1.165) is 16.0 Å². The van der Waals surface area contributed by atoms with Crippen LogP contribution in [-0.4, -0.2) is 10.9 Å². The van der Waals surface area contributed by atoms with Gasteiger partial charge in [0.1, 0.15) is 5.76 Å². The third-order valence-electron chi connectivity index (χ3n) is 3.67. The summed E-state index contributed by atoms with van der Waals surface area (Å²) in [4.78, 5) is 19.3. The maximum absolute atomic E-state index is 13.0. The topological polar surface area (TPSA) is 46.3 Å². The number of furan rings is 1. The van der Waals surface area contributed by atoms with Gasteiger partial charge in [-0.3, -0.25) is 9.69 Å². The first kappa shape index (κ1) is 14.7. The highest BCUT2D eigenvalue weighted by atomic mass is 32.1. The largest absolute Gasteiger partial charge is 0.467 e. The highest BCUT2D eigenvalue weighted by Gasteiger charge is 2.22. The van der Waals surface area contributed by atoms with Crippen LogP contribution in [0.25, 0.3) is 10.2 Å². The monoisotopic (exact) mass is 334 g/mol. The van der Waals surface area contributed by atoms with Crippen molar-refractivity contribution in [2.75, 3.05) is 4.90 Å². The number of carbonyl (C=O) groups excluding carboxylic acids is 1. The van der Waals surface area contributed by atoms with Crippen molar-refractivity contribution in [1.29, 1.82) is 0 Å². The summed E-state index contributed by atoms with van der Waals surface area (Å²) in [7, 11) is 0. The van der Waals surface area contributed by atoms with Gasteiger partial charge in [-0.15, -0.1) is 0 Å². The predicted octanol–water partition coefficient (Wildman–Crippen LogP) is 4.74. The Bertz CT molecular complexity index is 928. The summed E-state index contributed by atoms with van der Waals surface area (Å²) >= 11 is 1.50. The van der Waals surface area contributed by atoms with Gasteiger partial charge in [0, 0.05) is 5.56 Å². The molecule has 0 atom stereocenters. The molecule has 0 fully saturated rings. The van der Waals surface area contributed by atoms with E-state index in [0.29, 0.717) is 17.2 Å². The van der Waals surface area contributed by atoms with Gasteiger partial charge in [0.25, 0.3) is 5.91 Å². The minimum atomic E-state index is -0.0916. The summed E-state index contributed by atoms with van der Waals surface area (Å²) in [5.41, 5.74) is 1.52. The maximum atomic E-state index is 13.0. The van der Waals surface area contributed by atoms with Gasteiger partial charge in [0.05, 0.1) is 23.0 Å². The van der Waals surface area contributed by atoms with Crippen LogP contribution in [0.2, 0.25) is 0 Å². The van der Waals surface area contributed by atoms with E-state index >= 15 is 0 Å². The molecule has 5 heteroatoms. The van der Waals surface area contributed by atoms with E-state index in [2.05, 4.69) is 4.98 Å². The second-order valence-electron chi connectivity index (χ2n) is 5.30. The van der Waals surface area contributed by atoms with Gasteiger partial charge in [-0.1, -0.05) is 41.7 Å². The minimum absolute atomic E-state index is 0.0916. The Morgan fingerprint density at radius 2 is 1.79 bits per heavy atom. The SMILES string of the molecule is O=C(c1ccccc1)N(Cc1ccco1)c1nc2ccccc2s1. The van der Waals surface area contributed by atoms with E-state index in [1.807, 2.05) is 66.7 Å². The van der Waals surface area contributed by atoms with Crippen LogP contribution >= 0.6 is 11.3 Å². The molecule has 0 saturated heterocycles. The first-order chi connectivity index (χ1) is 11.8. The summed E-state index contributed by atoms with van der Waals surface area (Å²) in [6.07, 6.45) is 1.61. The Morgan fingerprint density at radius 3 is 2.54 bits per heavy atom. The molecule has 4 rings (SSSR count). The van der Waals surface area contributed by atoms with Gasteiger partial charge in [-0.2, -0.15) is 0 Å². The molecule has 1 amide bonds. The van der Waals surface area contributed by atoms with Crippen molar-refractivity contribution in [2.45, 2.75) is 6.54 Å². The Balaban J connectivity index is 1.76. The van der Waals surface area contributed by atoms with Gasteiger partial charge in [0.2, 0.25) is 0 Å². The molecule has 0 unspecified atom stereocenters. The Morgan fingerprint density at radius 1 is 1.00 bits per heavy atom. The van der Waals surface area contributed by atoms with Crippen molar-refractivity contribution in [3.05, 3.63) is 84.3 Å². The average Bonchev–Trinajstić information content (AvgIpc) is 3.29. The second-order valence-corrected chi connectivity index (χ2v) is 6.31. The number of carbonyl (C=O) groups is 1. The summed E-state index contributed by atoms with van der Waals surface area (Å²) in [6, 6.07) is 20.8. The normalized spacial score (nSPS) is 10.8. The third kappa shape index (κ3) is 2.81. The number of aromatic nitrogens is 1. The summed E-state index contributed by atoms with van der Waals surface area (Å²) in [5.74, 6) is 0.629. The number of hydrogen-bond donors (Lipinski definition) is 0. The van der Waals surface area contributed by atoms with Crippen LogP contribution in [0.3, 0.4) is 0 Å². The lowest BCUT2D eigenvalue weighted by atomic mass is 10.2. The lowest BCUT2D eigenvalue weighted by molar-refractivity contribution is 0.0983. The Kier molecular flexibility index (Phi) is 3.84. The molecule has 24 heavy (non-hydrogen) atoms. The van der Waals surface area contributed by atoms with Crippen LogP contribution in [0.15, 0.2) is 77.4 Å². The van der Waals surface area contributed by atoms with Gasteiger partial charge in [-0.25, -0.2) is 4.98 Å². The molecule has 0 bridgehead atoms. The zero-order valence-corrected chi connectivity index (χ0v) is 13.6. The molecular weight excluding hydrogens is 320 g/mol. The lowest BCUT2D eigenvalue weighted by Crippen LogP contribution is -2.30. The zero-order chi connectivity index (χ0) is 16.4. The molecule has 0 radical (unpaired) electrons. The van der Waals surface area contributed by atoms with Crippen molar-refractivity contribution in [3.8, 4) is 0 Å². The van der Waals surface area contributed by atoms with E-state index in [1.165, 1.54) is 11.3 Å². The maximum Gasteiger partial charge on any atom is 0.260 e. The molecule has 118 valence electrons. The second kappa shape index (κ2) is 6.29. The number of anilines is 1. The van der Waals surface area contributed by atoms with Crippen LogP contribution in [0, 0.1) is 0 Å². The summed E-state index contributed by atoms with van der Waals surface area (Å²) < 4.78 is 6.48. The fourth-order valence-electron chi connectivity index (χ4n) is 2.50. The average molecular weight is 334 g/mol. The standard InChI is InChI=1S/C19H14N2O2S/c22-18(14-7-2-1-3-8-14)21(13-15-9-6-12-23-15)19-20-16-10-4-5-11-17(16)24-19/h1-12H,13H2. The number of amides is 1. The first-order valence-corrected chi connectivity index (χ1v) is 8.38. The van der Waals surface area contributed by atoms with Crippen molar-refractivity contribution in [1.82, 2.24) is 4.98 Å². The molecular formula is C19H14N2O2S. The molecule has 0 aliphatic rings. The quantitative estimate of drug-likeness (QED) is 0.542. The lowest BCUT2D eigenvalue weighted by Gasteiger charge is -2.18. The number of thiazole rings is 1. The number of benzene rings is 2. The summed E-state index contributed by atoms with van der Waals surface area (Å²) in [5, 5.41) is 0.668. The molecule has 2 heterocycles. The fourth-order valence-corrected chi connectivity index (χ4v) is 3.46. The minimum Gasteiger partial charge on any atom is -0.467 e. The van der Waals surface area contributed by atoms with Gasteiger partial charge < -0.3 is 4.42 Å². The molecule has 0 saturated carbocycles. The van der Waals surface area contributed by atoms with E-state index in [4.69, 9.17) is 4.42 Å². The molecule has 4 nitrogen and oxygen atoms in total. The number of para-hydroxylation sites is 1. The molecule has 0 aliphatic heterocycles. The van der Waals surface area contributed by atoms with Crippen LogP contribution in [0.5, 0.6) is 0 Å². The Hall–Kier alpha value is -2.92. The van der Waals surface area contributed by atoms with Crippen molar-refractivity contribution in [2.24, 2.45) is 0 Å². The Labute approximate surface area is 143 Å². The number of nitrogens with zero attached hydrogens (tertiary/aromatic N) is 2. The van der Waals surface area contributed by atoms with Gasteiger partial charge in [-0.05, 0) is 36.4 Å². The molecule has 0 aliphatic carbocycles. The van der Waals surface area contributed by atoms with E-state index < -0.39 is 0 Å². The molecule has 2 aromatic carbocycles. The van der Waals surface area contributed by atoms with Gasteiger partial charge in [0.15, 0.2) is 5.13 Å². The van der Waals surface area contributed by atoms with E-state index in [1.54, 1.807) is 11.2 Å². The number of rotatable bonds is 4. The molecule has 2 aromatic heterocycles. The van der Waals surface area contributed by atoms with Crippen molar-refractivity contribution < 1.29 is 9.21 Å². The van der Waals surface area contributed by atoms with Crippen molar-refractivity contribution in [3.63, 3.8) is 0 Å². The van der Waals surface area contributed by atoms with E-state index in [-0.39, 0.29) is 5.91 Å². The van der Waals surface area contributed by atoms with Crippen LogP contribution < -0.4 is 4.90 Å². The van der Waals surface area contributed by atoms with E-state index in [9.17, 15) is 4.79 Å².